The molecular weight excluding hydrogens is 957 g/mol. The van der Waals surface area contributed by atoms with E-state index in [0.29, 0.717) is 12.8 Å². The van der Waals surface area contributed by atoms with Gasteiger partial charge in [-0.05, 0) is 51.4 Å². The zero-order chi connectivity index (χ0) is 56.2. The highest BCUT2D eigenvalue weighted by Gasteiger charge is 2.16. The molecule has 5 heteroatoms. The van der Waals surface area contributed by atoms with Gasteiger partial charge >= 0.3 is 11.9 Å². The van der Waals surface area contributed by atoms with Crippen molar-refractivity contribution in [1.82, 2.24) is 0 Å². The van der Waals surface area contributed by atoms with Crippen molar-refractivity contribution in [2.75, 3.05) is 13.2 Å². The van der Waals surface area contributed by atoms with Gasteiger partial charge in [-0.15, -0.1) is 0 Å². The van der Waals surface area contributed by atoms with Crippen molar-refractivity contribution in [1.29, 1.82) is 0 Å². The summed E-state index contributed by atoms with van der Waals surface area (Å²) in [5, 5.41) is 9.69. The van der Waals surface area contributed by atoms with Crippen LogP contribution in [0.15, 0.2) is 48.6 Å². The van der Waals surface area contributed by atoms with Gasteiger partial charge in [0.05, 0.1) is 6.61 Å². The molecule has 0 aliphatic rings. The topological polar surface area (TPSA) is 72.8 Å². The largest absolute Gasteiger partial charge is 0.462 e. The van der Waals surface area contributed by atoms with E-state index < -0.39 is 6.10 Å². The number of hydrogen-bond donors (Lipinski definition) is 1. The molecule has 0 spiro atoms. The lowest BCUT2D eigenvalue weighted by Gasteiger charge is -2.15. The molecule has 0 radical (unpaired) electrons. The maximum absolute atomic E-state index is 12.3. The number of allylic oxidation sites excluding steroid dienone is 8. The number of esters is 2. The highest BCUT2D eigenvalue weighted by molar-refractivity contribution is 5.70. The number of aliphatic hydroxyl groups is 1. The van der Waals surface area contributed by atoms with Crippen LogP contribution < -0.4 is 0 Å². The molecule has 0 heterocycles. The van der Waals surface area contributed by atoms with Gasteiger partial charge < -0.3 is 14.6 Å². The van der Waals surface area contributed by atoms with E-state index in [1.54, 1.807) is 0 Å². The van der Waals surface area contributed by atoms with Crippen molar-refractivity contribution >= 4 is 11.9 Å². The number of hydrogen-bond acceptors (Lipinski definition) is 5. The number of carbonyl (C=O) groups excluding carboxylic acids is 2. The monoisotopic (exact) mass is 1090 g/mol. The van der Waals surface area contributed by atoms with Crippen LogP contribution in [0, 0.1) is 0 Å². The van der Waals surface area contributed by atoms with Gasteiger partial charge in [-0.3, -0.25) is 9.59 Å². The Morgan fingerprint density at radius 1 is 0.308 bits per heavy atom. The smallest absolute Gasteiger partial charge is 0.306 e. The molecule has 0 aromatic heterocycles. The average molecular weight is 1090 g/mol. The van der Waals surface area contributed by atoms with E-state index in [1.165, 1.54) is 295 Å². The zero-order valence-corrected chi connectivity index (χ0v) is 52.7. The Morgan fingerprint density at radius 3 is 0.833 bits per heavy atom. The Kier molecular flexibility index (Phi) is 67.2. The fourth-order valence-corrected chi connectivity index (χ4v) is 10.9. The Hall–Kier alpha value is -2.14. The van der Waals surface area contributed by atoms with Crippen molar-refractivity contribution in [2.45, 2.75) is 392 Å². The molecule has 1 atom stereocenters. The second-order valence-corrected chi connectivity index (χ2v) is 23.9. The van der Waals surface area contributed by atoms with E-state index in [0.717, 1.165) is 64.2 Å². The van der Waals surface area contributed by atoms with Crippen molar-refractivity contribution in [3.8, 4) is 0 Å². The number of rotatable bonds is 66. The summed E-state index contributed by atoms with van der Waals surface area (Å²) >= 11 is 0. The van der Waals surface area contributed by atoms with Crippen LogP contribution in [-0.2, 0) is 19.1 Å². The molecule has 0 amide bonds. The Labute approximate surface area is 488 Å². The first-order chi connectivity index (χ1) is 38.6. The maximum atomic E-state index is 12.3. The first-order valence-corrected chi connectivity index (χ1v) is 35.2. The predicted octanol–water partition coefficient (Wildman–Crippen LogP) is 24.3. The van der Waals surface area contributed by atoms with E-state index in [2.05, 4.69) is 62.5 Å². The molecule has 1 unspecified atom stereocenters. The Morgan fingerprint density at radius 2 is 0.551 bits per heavy atom. The fourth-order valence-electron chi connectivity index (χ4n) is 10.9. The quantitative estimate of drug-likeness (QED) is 0.0373. The van der Waals surface area contributed by atoms with Crippen molar-refractivity contribution in [3.63, 3.8) is 0 Å². The van der Waals surface area contributed by atoms with Crippen LogP contribution in [0.5, 0.6) is 0 Å². The SMILES string of the molecule is CC/C=C\C/C=C\C/C=C\C/C=C\CCCCCCCCCCCCC(=O)OC(CO)COC(=O)CCCCCCCCCCCCCCCCCCCCCCCCCCCCCCCCCCCCCCCCCCC. The minimum Gasteiger partial charge on any atom is -0.462 e. The lowest BCUT2D eigenvalue weighted by Crippen LogP contribution is -2.28. The maximum Gasteiger partial charge on any atom is 0.306 e. The third-order valence-corrected chi connectivity index (χ3v) is 16.1. The summed E-state index contributed by atoms with van der Waals surface area (Å²) in [6.07, 6.45) is 93.1. The average Bonchev–Trinajstić information content (AvgIpc) is 3.44. The van der Waals surface area contributed by atoms with Crippen molar-refractivity contribution < 1.29 is 24.2 Å². The second kappa shape index (κ2) is 69.1. The molecule has 5 nitrogen and oxygen atoms in total. The zero-order valence-electron chi connectivity index (χ0n) is 52.7. The summed E-state index contributed by atoms with van der Waals surface area (Å²) in [5.41, 5.74) is 0. The molecule has 0 aromatic carbocycles. The van der Waals surface area contributed by atoms with Crippen LogP contribution >= 0.6 is 0 Å². The predicted molar refractivity (Wildman–Crippen MR) is 344 cm³/mol. The summed E-state index contributed by atoms with van der Waals surface area (Å²) in [4.78, 5) is 24.6. The highest BCUT2D eigenvalue weighted by atomic mass is 16.6. The van der Waals surface area contributed by atoms with Crippen LogP contribution in [0.3, 0.4) is 0 Å². The van der Waals surface area contributed by atoms with Gasteiger partial charge in [-0.2, -0.15) is 0 Å². The number of carbonyl (C=O) groups is 2. The molecule has 0 fully saturated rings. The van der Waals surface area contributed by atoms with Crippen LogP contribution in [-0.4, -0.2) is 36.4 Å². The molecule has 0 saturated heterocycles. The van der Waals surface area contributed by atoms with E-state index in [9.17, 15) is 14.7 Å². The van der Waals surface area contributed by atoms with Crippen LogP contribution in [0.4, 0.5) is 0 Å². The van der Waals surface area contributed by atoms with E-state index >= 15 is 0 Å². The molecule has 0 aliphatic heterocycles. The third-order valence-electron chi connectivity index (χ3n) is 16.1. The highest BCUT2D eigenvalue weighted by Crippen LogP contribution is 2.19. The van der Waals surface area contributed by atoms with Crippen molar-refractivity contribution in [2.24, 2.45) is 0 Å². The summed E-state index contributed by atoms with van der Waals surface area (Å²) in [7, 11) is 0. The fraction of sp³-hybridized carbons (Fsp3) is 0.863. The summed E-state index contributed by atoms with van der Waals surface area (Å²) in [5.74, 6) is -0.578. The van der Waals surface area contributed by atoms with Gasteiger partial charge in [-0.25, -0.2) is 0 Å². The van der Waals surface area contributed by atoms with Gasteiger partial charge in [0.1, 0.15) is 6.61 Å². The lowest BCUT2D eigenvalue weighted by atomic mass is 10.0. The second-order valence-electron chi connectivity index (χ2n) is 23.9. The normalized spacial score (nSPS) is 12.4. The van der Waals surface area contributed by atoms with Gasteiger partial charge in [0.25, 0.3) is 0 Å². The molecule has 78 heavy (non-hydrogen) atoms. The standard InChI is InChI=1S/C73H136O5/c1-3-5-7-9-11-13-15-17-19-21-23-25-27-28-29-30-31-32-33-34-35-36-37-38-39-40-41-42-43-44-46-47-49-51-53-55-57-59-61-63-65-67-72(75)77-70-71(69-74)78-73(76)68-66-64-62-60-58-56-54-52-50-48-45-26-24-22-20-18-16-14-12-10-8-6-4-2/h6,8,12,14,18,20,24,26,71,74H,3-5,7,9-11,13,15-17,19,21-23,25,27-70H2,1-2H3/b8-6-,14-12-,20-18-,26-24-. The minimum absolute atomic E-state index is 0.0642. The molecule has 0 aromatic rings. The van der Waals surface area contributed by atoms with Gasteiger partial charge in [0.2, 0.25) is 0 Å². The first-order valence-electron chi connectivity index (χ1n) is 35.2. The van der Waals surface area contributed by atoms with E-state index in [4.69, 9.17) is 9.47 Å². The van der Waals surface area contributed by atoms with Gasteiger partial charge in [0, 0.05) is 12.8 Å². The molecule has 1 N–H and O–H groups in total. The summed E-state index contributed by atoms with van der Waals surface area (Å²) in [6, 6.07) is 0. The van der Waals surface area contributed by atoms with Gasteiger partial charge in [-0.1, -0.05) is 371 Å². The molecule has 0 rings (SSSR count). The molecule has 458 valence electrons. The van der Waals surface area contributed by atoms with E-state index in [-0.39, 0.29) is 25.2 Å². The number of aliphatic hydroxyl groups excluding tert-OH is 1. The Balaban J connectivity index is 3.36. The molecule has 0 bridgehead atoms. The molecule has 0 saturated carbocycles. The van der Waals surface area contributed by atoms with Crippen LogP contribution in [0.2, 0.25) is 0 Å². The molecular formula is C73H136O5. The minimum atomic E-state index is -0.775. The lowest BCUT2D eigenvalue weighted by molar-refractivity contribution is -0.161. The molecule has 0 aliphatic carbocycles. The van der Waals surface area contributed by atoms with Crippen LogP contribution in [0.1, 0.15) is 386 Å². The summed E-state index contributed by atoms with van der Waals surface area (Å²) in [6.45, 7) is 4.08. The number of ether oxygens (including phenoxy) is 2. The first kappa shape index (κ1) is 75.9. The van der Waals surface area contributed by atoms with Crippen molar-refractivity contribution in [3.05, 3.63) is 48.6 Å². The van der Waals surface area contributed by atoms with E-state index in [1.807, 2.05) is 0 Å². The Bertz CT molecular complexity index is 1280. The third kappa shape index (κ3) is 66.4. The summed E-state index contributed by atoms with van der Waals surface area (Å²) < 4.78 is 10.7. The van der Waals surface area contributed by atoms with Crippen LogP contribution in [0.25, 0.3) is 0 Å². The van der Waals surface area contributed by atoms with Gasteiger partial charge in [0.15, 0.2) is 6.10 Å². The number of unbranched alkanes of at least 4 members (excludes halogenated alkanes) is 50.